The zero-order chi connectivity index (χ0) is 21.3. The lowest BCUT2D eigenvalue weighted by molar-refractivity contribution is 0.101. The van der Waals surface area contributed by atoms with E-state index in [1.807, 2.05) is 36.4 Å². The lowest BCUT2D eigenvalue weighted by Gasteiger charge is -2.18. The van der Waals surface area contributed by atoms with Crippen molar-refractivity contribution in [1.29, 1.82) is 0 Å². The largest absolute Gasteiger partial charge is 0.489 e. The molecule has 0 radical (unpaired) electrons. The Bertz CT molecular complexity index is 1120. The van der Waals surface area contributed by atoms with Crippen molar-refractivity contribution in [2.45, 2.75) is 32.8 Å². The van der Waals surface area contributed by atoms with Gasteiger partial charge in [0.05, 0.1) is 5.56 Å². The van der Waals surface area contributed by atoms with Crippen LogP contribution in [0.2, 0.25) is 5.02 Å². The standard InChI is InChI=1S/C26H23ClO3/c1-26(2,3)19-10-8-17(9-11-19)14-24-25(28)21-13-12-20(15-23(21)30-24)29-16-18-6-4-5-7-22(18)27/h4-15H,16H2,1-3H3/b24-14+. The molecule has 0 saturated heterocycles. The Balaban J connectivity index is 1.50. The van der Waals surface area contributed by atoms with E-state index in [4.69, 9.17) is 21.1 Å². The Morgan fingerprint density at radius 2 is 1.73 bits per heavy atom. The molecule has 0 unspecified atom stereocenters. The first-order valence-electron chi connectivity index (χ1n) is 9.86. The number of carbonyl (C=O) groups is 1. The molecule has 0 aliphatic carbocycles. The summed E-state index contributed by atoms with van der Waals surface area (Å²) in [6, 6.07) is 21.0. The maximum absolute atomic E-state index is 12.7. The summed E-state index contributed by atoms with van der Waals surface area (Å²) in [5.41, 5.74) is 3.69. The first-order chi connectivity index (χ1) is 14.3. The van der Waals surface area contributed by atoms with E-state index in [9.17, 15) is 4.79 Å². The number of ether oxygens (including phenoxy) is 2. The number of ketones is 1. The molecule has 4 heteroatoms. The molecule has 1 aliphatic heterocycles. The van der Waals surface area contributed by atoms with E-state index in [0.29, 0.717) is 34.5 Å². The molecule has 0 saturated carbocycles. The number of hydrogen-bond acceptors (Lipinski definition) is 3. The first-order valence-corrected chi connectivity index (χ1v) is 10.2. The average Bonchev–Trinajstić information content (AvgIpc) is 3.02. The molecule has 1 heterocycles. The van der Waals surface area contributed by atoms with E-state index in [1.54, 1.807) is 24.3 Å². The fourth-order valence-corrected chi connectivity index (χ4v) is 3.45. The average molecular weight is 419 g/mol. The number of benzene rings is 3. The monoisotopic (exact) mass is 418 g/mol. The molecule has 0 N–H and O–H groups in total. The molecule has 3 aromatic rings. The summed E-state index contributed by atoms with van der Waals surface area (Å²) in [5.74, 6) is 1.32. The summed E-state index contributed by atoms with van der Waals surface area (Å²) in [4.78, 5) is 12.7. The number of fused-ring (bicyclic) bond motifs is 1. The summed E-state index contributed by atoms with van der Waals surface area (Å²) in [6.07, 6.45) is 1.78. The second kappa shape index (κ2) is 8.00. The number of hydrogen-bond donors (Lipinski definition) is 0. The molecule has 30 heavy (non-hydrogen) atoms. The quantitative estimate of drug-likeness (QED) is 0.435. The third-order valence-corrected chi connectivity index (χ3v) is 5.44. The van der Waals surface area contributed by atoms with Gasteiger partial charge in [0.25, 0.3) is 0 Å². The molecule has 4 rings (SSSR count). The van der Waals surface area contributed by atoms with Gasteiger partial charge in [0.1, 0.15) is 18.1 Å². The van der Waals surface area contributed by atoms with Gasteiger partial charge in [-0.1, -0.05) is 74.8 Å². The van der Waals surface area contributed by atoms with E-state index < -0.39 is 0 Å². The molecule has 152 valence electrons. The highest BCUT2D eigenvalue weighted by molar-refractivity contribution is 6.31. The fraction of sp³-hybridized carbons (Fsp3) is 0.192. The van der Waals surface area contributed by atoms with Crippen LogP contribution in [0, 0.1) is 0 Å². The van der Waals surface area contributed by atoms with Crippen molar-refractivity contribution in [2.75, 3.05) is 0 Å². The molecule has 0 aromatic heterocycles. The molecule has 0 spiro atoms. The second-order valence-corrected chi connectivity index (χ2v) is 8.76. The summed E-state index contributed by atoms with van der Waals surface area (Å²) in [7, 11) is 0. The van der Waals surface area contributed by atoms with Crippen LogP contribution in [0.25, 0.3) is 6.08 Å². The van der Waals surface area contributed by atoms with Crippen LogP contribution in [0.1, 0.15) is 47.8 Å². The van der Waals surface area contributed by atoms with E-state index in [-0.39, 0.29) is 11.2 Å². The Morgan fingerprint density at radius 3 is 2.43 bits per heavy atom. The first kappa shape index (κ1) is 20.2. The van der Waals surface area contributed by atoms with Crippen LogP contribution in [-0.4, -0.2) is 5.78 Å². The van der Waals surface area contributed by atoms with Crippen molar-refractivity contribution in [3.8, 4) is 11.5 Å². The minimum Gasteiger partial charge on any atom is -0.489 e. The topological polar surface area (TPSA) is 35.5 Å². The van der Waals surface area contributed by atoms with Crippen LogP contribution >= 0.6 is 11.6 Å². The minimum atomic E-state index is -0.123. The molecule has 3 aromatic carbocycles. The Morgan fingerprint density at radius 1 is 1.00 bits per heavy atom. The van der Waals surface area contributed by atoms with Gasteiger partial charge in [-0.05, 0) is 40.8 Å². The predicted octanol–water partition coefficient (Wildman–Crippen LogP) is 6.83. The Hall–Kier alpha value is -3.04. The lowest BCUT2D eigenvalue weighted by atomic mass is 9.86. The normalized spacial score (nSPS) is 14.5. The highest BCUT2D eigenvalue weighted by atomic mass is 35.5. The second-order valence-electron chi connectivity index (χ2n) is 8.35. The van der Waals surface area contributed by atoms with Crippen molar-refractivity contribution in [3.05, 3.63) is 99.8 Å². The predicted molar refractivity (Wildman–Crippen MR) is 120 cm³/mol. The number of halogens is 1. The van der Waals surface area contributed by atoms with Crippen LogP contribution in [-0.2, 0) is 12.0 Å². The molecule has 0 bridgehead atoms. The summed E-state index contributed by atoms with van der Waals surface area (Å²) in [6.45, 7) is 6.86. The van der Waals surface area contributed by atoms with Gasteiger partial charge < -0.3 is 9.47 Å². The van der Waals surface area contributed by atoms with Gasteiger partial charge in [-0.15, -0.1) is 0 Å². The van der Waals surface area contributed by atoms with Crippen molar-refractivity contribution in [3.63, 3.8) is 0 Å². The van der Waals surface area contributed by atoms with Gasteiger partial charge in [0, 0.05) is 16.7 Å². The van der Waals surface area contributed by atoms with Gasteiger partial charge in [-0.2, -0.15) is 0 Å². The SMILES string of the molecule is CC(C)(C)c1ccc(/C=C2/Oc3cc(OCc4ccccc4Cl)ccc3C2=O)cc1. The Labute approximate surface area is 181 Å². The van der Waals surface area contributed by atoms with Gasteiger partial charge in [0.2, 0.25) is 5.78 Å². The summed E-state index contributed by atoms with van der Waals surface area (Å²) >= 11 is 6.18. The van der Waals surface area contributed by atoms with E-state index in [0.717, 1.165) is 11.1 Å². The number of rotatable bonds is 4. The molecule has 3 nitrogen and oxygen atoms in total. The van der Waals surface area contributed by atoms with E-state index in [2.05, 4.69) is 32.9 Å². The van der Waals surface area contributed by atoms with E-state index in [1.165, 1.54) is 5.56 Å². The van der Waals surface area contributed by atoms with Gasteiger partial charge in [-0.25, -0.2) is 0 Å². The van der Waals surface area contributed by atoms with Crippen LogP contribution < -0.4 is 9.47 Å². The van der Waals surface area contributed by atoms with Gasteiger partial charge in [-0.3, -0.25) is 4.79 Å². The van der Waals surface area contributed by atoms with Gasteiger partial charge >= 0.3 is 0 Å². The van der Waals surface area contributed by atoms with Crippen molar-refractivity contribution in [2.24, 2.45) is 0 Å². The number of Topliss-reactive ketones (excluding diaryl/α,β-unsaturated/α-hetero) is 1. The third-order valence-electron chi connectivity index (χ3n) is 5.07. The van der Waals surface area contributed by atoms with Crippen LogP contribution in [0.15, 0.2) is 72.5 Å². The molecule has 0 fully saturated rings. The van der Waals surface area contributed by atoms with Gasteiger partial charge in [0.15, 0.2) is 5.76 Å². The van der Waals surface area contributed by atoms with Crippen LogP contribution in [0.3, 0.4) is 0 Å². The zero-order valence-electron chi connectivity index (χ0n) is 17.2. The van der Waals surface area contributed by atoms with E-state index >= 15 is 0 Å². The molecular formula is C26H23ClO3. The molecule has 1 aliphatic rings. The highest BCUT2D eigenvalue weighted by Gasteiger charge is 2.27. The maximum atomic E-state index is 12.7. The van der Waals surface area contributed by atoms with Crippen LogP contribution in [0.4, 0.5) is 0 Å². The van der Waals surface area contributed by atoms with Crippen molar-refractivity contribution >= 4 is 23.5 Å². The van der Waals surface area contributed by atoms with Crippen molar-refractivity contribution < 1.29 is 14.3 Å². The fourth-order valence-electron chi connectivity index (χ4n) is 3.26. The maximum Gasteiger partial charge on any atom is 0.231 e. The highest BCUT2D eigenvalue weighted by Crippen LogP contribution is 2.35. The number of carbonyl (C=O) groups excluding carboxylic acids is 1. The van der Waals surface area contributed by atoms with Crippen LogP contribution in [0.5, 0.6) is 11.5 Å². The van der Waals surface area contributed by atoms with Crippen molar-refractivity contribution in [1.82, 2.24) is 0 Å². The zero-order valence-corrected chi connectivity index (χ0v) is 18.0. The number of allylic oxidation sites excluding steroid dienone is 1. The summed E-state index contributed by atoms with van der Waals surface area (Å²) in [5, 5.41) is 0.660. The summed E-state index contributed by atoms with van der Waals surface area (Å²) < 4.78 is 11.7. The lowest BCUT2D eigenvalue weighted by Crippen LogP contribution is -2.10. The molecule has 0 atom stereocenters. The minimum absolute atomic E-state index is 0.0853. The smallest absolute Gasteiger partial charge is 0.231 e. The molecular weight excluding hydrogens is 396 g/mol. The molecule has 0 amide bonds. The third kappa shape index (κ3) is 4.27. The Kier molecular flexibility index (Phi) is 5.40.